The number of rotatable bonds is 12. The van der Waals surface area contributed by atoms with E-state index in [1.165, 1.54) is 0 Å². The third-order valence-electron chi connectivity index (χ3n) is 2.34. The van der Waals surface area contributed by atoms with Crippen LogP contribution in [0.2, 0.25) is 0 Å². The van der Waals surface area contributed by atoms with Gasteiger partial charge in [-0.15, -0.1) is 39.5 Å². The van der Waals surface area contributed by atoms with E-state index in [0.717, 1.165) is 0 Å². The Morgan fingerprint density at radius 2 is 0.442 bits per heavy atom. The standard InChI is InChI=1S/6C4H7NS2.Mo/c6*1-2-3-5-4(6)7;/h6*2H,1,3H2,(H2,5,6,7);/q;;;;;;+6/p-6. The Labute approximate surface area is 339 Å². The van der Waals surface area contributed by atoms with Gasteiger partial charge in [0.05, 0.1) is 0 Å². The van der Waals surface area contributed by atoms with Crippen molar-refractivity contribution in [1.29, 1.82) is 0 Å². The zero-order valence-corrected chi connectivity index (χ0v) is 35.1. The largest absolute Gasteiger partial charge is 6.00 e. The van der Waals surface area contributed by atoms with Gasteiger partial charge >= 0.3 is 21.1 Å². The van der Waals surface area contributed by atoms with Gasteiger partial charge in [-0.05, 0) is 0 Å². The normalized spacial score (nSPS) is 7.26. The van der Waals surface area contributed by atoms with Gasteiger partial charge in [-0.1, -0.05) is 62.4 Å². The molecular weight excluding hydrogens is 853 g/mol. The molecule has 0 fully saturated rings. The van der Waals surface area contributed by atoms with Gasteiger partial charge in [-0.25, -0.2) is 0 Å². The van der Waals surface area contributed by atoms with Gasteiger partial charge in [-0.2, -0.15) is 0 Å². The molecule has 43 heavy (non-hydrogen) atoms. The molecule has 0 saturated carbocycles. The molecule has 0 heterocycles. The Morgan fingerprint density at radius 1 is 0.349 bits per heavy atom. The van der Waals surface area contributed by atoms with Gasteiger partial charge in [-0.3, -0.25) is 0 Å². The third-order valence-corrected chi connectivity index (χ3v) is 4.08. The molecule has 0 aromatic rings. The molecule has 0 aliphatic heterocycles. The minimum Gasteiger partial charge on any atom is -0.412 e. The van der Waals surface area contributed by atoms with Crippen LogP contribution in [0, 0.1) is 0 Å². The predicted octanol–water partition coefficient (Wildman–Crippen LogP) is 3.56. The van der Waals surface area contributed by atoms with Gasteiger partial charge in [0.25, 0.3) is 0 Å². The number of nitrogens with one attached hydrogen (secondary N) is 6. The van der Waals surface area contributed by atoms with Crippen molar-refractivity contribution in [3.05, 3.63) is 75.9 Å². The minimum absolute atomic E-state index is 0. The summed E-state index contributed by atoms with van der Waals surface area (Å²) in [6.07, 6.45) is 10.2. The quantitative estimate of drug-likeness (QED) is 0.0749. The van der Waals surface area contributed by atoms with Crippen molar-refractivity contribution in [1.82, 2.24) is 31.9 Å². The second-order valence-corrected chi connectivity index (χ2v) is 12.2. The number of thiocarbonyl (C=S) groups is 6. The van der Waals surface area contributed by atoms with E-state index >= 15 is 0 Å². The maximum atomic E-state index is 4.52. The van der Waals surface area contributed by atoms with Gasteiger partial charge in [0.2, 0.25) is 0 Å². The van der Waals surface area contributed by atoms with Crippen LogP contribution in [-0.4, -0.2) is 65.2 Å². The van der Waals surface area contributed by atoms with Crippen LogP contribution in [0.5, 0.6) is 0 Å². The Morgan fingerprint density at radius 3 is 0.465 bits per heavy atom. The summed E-state index contributed by atoms with van der Waals surface area (Å²) in [6, 6.07) is 0. The summed E-state index contributed by atoms with van der Waals surface area (Å²) in [5, 5.41) is 16.3. The first kappa shape index (κ1) is 58.3. The number of hydrogen-bond donors (Lipinski definition) is 6. The van der Waals surface area contributed by atoms with Gasteiger partial charge < -0.3 is 181 Å². The molecule has 0 amide bonds. The molecule has 240 valence electrons. The first-order chi connectivity index (χ1) is 19.6. The summed E-state index contributed by atoms with van der Waals surface area (Å²) in [5.41, 5.74) is 0. The third kappa shape index (κ3) is 117. The van der Waals surface area contributed by atoms with Crippen LogP contribution in [0.15, 0.2) is 75.9 Å². The predicted molar refractivity (Wildman–Crippen MR) is 229 cm³/mol. The summed E-state index contributed by atoms with van der Waals surface area (Å²) in [6.45, 7) is 24.8. The molecule has 0 unspecified atom stereocenters. The Bertz CT molecular complexity index is 656. The summed E-state index contributed by atoms with van der Waals surface area (Å²) in [4.78, 5) is 0. The van der Waals surface area contributed by atoms with Crippen LogP contribution in [0.4, 0.5) is 0 Å². The molecule has 0 aromatic heterocycles. The molecule has 19 heteroatoms. The summed E-state index contributed by atoms with van der Waals surface area (Å²) >= 11 is 54.2. The second-order valence-electron chi connectivity index (χ2n) is 5.74. The maximum Gasteiger partial charge on any atom is 6.00 e. The van der Waals surface area contributed by atoms with E-state index in [1.807, 2.05) is 0 Å². The van der Waals surface area contributed by atoms with E-state index in [9.17, 15) is 0 Å². The van der Waals surface area contributed by atoms with Crippen LogP contribution < -0.4 is 31.9 Å². The average Bonchev–Trinajstić information content (AvgIpc) is 2.91. The van der Waals surface area contributed by atoms with Crippen molar-refractivity contribution >= 4 is 175 Å². The fourth-order valence-electron chi connectivity index (χ4n) is 0.933. The fraction of sp³-hybridized carbons (Fsp3) is 0.250. The van der Waals surface area contributed by atoms with Gasteiger partial charge in [0, 0.05) is 39.3 Å². The van der Waals surface area contributed by atoms with E-state index < -0.39 is 0 Å². The molecular formula is C24H36MoN6S12. The molecule has 0 rings (SSSR count). The van der Waals surface area contributed by atoms with E-state index in [1.54, 1.807) is 36.5 Å². The monoisotopic (exact) mass is 890 g/mol. The molecule has 6 N–H and O–H groups in total. The van der Waals surface area contributed by atoms with Crippen molar-refractivity contribution in [2.75, 3.05) is 39.3 Å². The SMILES string of the molecule is C=CCNC(=S)[S-].C=CCNC(=S)[S-].C=CCNC(=S)[S-].C=CCNC(=S)[S-].C=CCNC(=S)[S-].C=CCNC(=S)[S-].[Mo+6]. The average molecular weight is 889 g/mol. The molecule has 0 saturated heterocycles. The molecule has 0 atom stereocenters. The van der Waals surface area contributed by atoms with Crippen molar-refractivity contribution in [3.8, 4) is 0 Å². The topological polar surface area (TPSA) is 72.2 Å². The smallest absolute Gasteiger partial charge is 0.412 e. The van der Waals surface area contributed by atoms with E-state index in [0.29, 0.717) is 65.2 Å². The molecule has 0 aromatic carbocycles. The van der Waals surface area contributed by atoms with E-state index in [-0.39, 0.29) is 21.1 Å². The van der Waals surface area contributed by atoms with E-state index in [2.05, 4.69) is 220 Å². The molecule has 0 radical (unpaired) electrons. The molecule has 0 aliphatic rings. The van der Waals surface area contributed by atoms with Crippen molar-refractivity contribution in [2.24, 2.45) is 0 Å². The van der Waals surface area contributed by atoms with Crippen LogP contribution in [-0.2, 0) is 96.8 Å². The minimum atomic E-state index is 0. The van der Waals surface area contributed by atoms with Crippen LogP contribution in [0.3, 0.4) is 0 Å². The van der Waals surface area contributed by atoms with Crippen LogP contribution in [0.25, 0.3) is 0 Å². The first-order valence-electron chi connectivity index (χ1n) is 11.0. The Hall–Kier alpha value is -0.212. The van der Waals surface area contributed by atoms with Gasteiger partial charge in [0.15, 0.2) is 0 Å². The zero-order chi connectivity index (χ0) is 34.2. The molecule has 0 spiro atoms. The van der Waals surface area contributed by atoms with Gasteiger partial charge in [0.1, 0.15) is 0 Å². The molecule has 0 bridgehead atoms. The molecule has 0 aliphatic carbocycles. The summed E-state index contributed by atoms with van der Waals surface area (Å²) in [7, 11) is 0. The van der Waals surface area contributed by atoms with Crippen molar-refractivity contribution < 1.29 is 21.1 Å². The summed E-state index contributed by atoms with van der Waals surface area (Å²) in [5.74, 6) is 0. The maximum absolute atomic E-state index is 4.52. The summed E-state index contributed by atoms with van der Waals surface area (Å²) < 4.78 is 2.42. The zero-order valence-electron chi connectivity index (χ0n) is 23.3. The van der Waals surface area contributed by atoms with Crippen LogP contribution in [0.1, 0.15) is 0 Å². The van der Waals surface area contributed by atoms with Crippen molar-refractivity contribution in [3.63, 3.8) is 0 Å². The fourth-order valence-corrected chi connectivity index (χ4v) is 1.93. The molecule has 6 nitrogen and oxygen atoms in total. The first-order valence-corrected chi connectivity index (χ1v) is 15.9. The Balaban J connectivity index is -0.0000000720. The Kier molecular flexibility index (Phi) is 73.6. The number of hydrogen-bond acceptors (Lipinski definition) is 12. The van der Waals surface area contributed by atoms with Crippen molar-refractivity contribution in [2.45, 2.75) is 0 Å². The second kappa shape index (κ2) is 54.3. The van der Waals surface area contributed by atoms with Crippen LogP contribution >= 0.6 is 73.3 Å². The van der Waals surface area contributed by atoms with E-state index in [4.69, 9.17) is 0 Å².